The molecule has 1 atom stereocenters. The maximum Gasteiger partial charge on any atom is 0.300 e. The van der Waals surface area contributed by atoms with Crippen LogP contribution in [0, 0.1) is 5.82 Å². The van der Waals surface area contributed by atoms with Gasteiger partial charge in [-0.15, -0.1) is 0 Å². The maximum atomic E-state index is 13.9. The van der Waals surface area contributed by atoms with E-state index in [0.717, 1.165) is 11.0 Å². The normalized spacial score (nSPS) is 17.6. The molecule has 0 saturated carbocycles. The number of methoxy groups -OCH3 is 1. The van der Waals surface area contributed by atoms with E-state index in [-0.39, 0.29) is 21.8 Å². The van der Waals surface area contributed by atoms with Crippen molar-refractivity contribution in [1.82, 2.24) is 0 Å². The molecule has 1 saturated heterocycles. The fourth-order valence-electron chi connectivity index (χ4n) is 3.65. The van der Waals surface area contributed by atoms with Gasteiger partial charge in [-0.3, -0.25) is 14.5 Å². The Balaban J connectivity index is 1.94. The van der Waals surface area contributed by atoms with Crippen LogP contribution >= 0.6 is 23.2 Å². The number of carbonyl (C=O) groups excluding carboxylic acids is 2. The number of aliphatic hydroxyl groups excluding tert-OH is 1. The van der Waals surface area contributed by atoms with Gasteiger partial charge in [-0.05, 0) is 54.1 Å². The van der Waals surface area contributed by atoms with Crippen LogP contribution in [0.1, 0.15) is 17.2 Å². The van der Waals surface area contributed by atoms with E-state index in [1.165, 1.54) is 43.5 Å². The molecule has 0 bridgehead atoms. The number of nitrogens with zero attached hydrogens (tertiary/aromatic N) is 1. The van der Waals surface area contributed by atoms with E-state index in [1.54, 1.807) is 24.3 Å². The highest BCUT2D eigenvalue weighted by atomic mass is 35.5. The van der Waals surface area contributed by atoms with Crippen LogP contribution in [0.2, 0.25) is 10.0 Å². The lowest BCUT2D eigenvalue weighted by atomic mass is 9.95. The van der Waals surface area contributed by atoms with Crippen LogP contribution in [0.4, 0.5) is 10.1 Å². The average Bonchev–Trinajstić information content (AvgIpc) is 3.04. The molecule has 0 radical (unpaired) electrons. The summed E-state index contributed by atoms with van der Waals surface area (Å²) in [6.45, 7) is 0. The van der Waals surface area contributed by atoms with Crippen molar-refractivity contribution in [3.8, 4) is 5.75 Å². The Labute approximate surface area is 193 Å². The van der Waals surface area contributed by atoms with Crippen molar-refractivity contribution in [3.63, 3.8) is 0 Å². The number of Topliss-reactive ketones (excluding diaryl/α,β-unsaturated/α-hetero) is 1. The standard InChI is InChI=1S/C24H16Cl2FNO4/c1-32-19-10-7-14(11-18(19)26)22(29)20-21(13-5-8-15(25)9-6-13)28(24(31)23(20)30)17-4-2-3-16(27)12-17/h2-12,21,29H,1H3/b22-20+. The number of amides is 1. The van der Waals surface area contributed by atoms with Crippen LogP contribution in [0.5, 0.6) is 5.75 Å². The second-order valence-corrected chi connectivity index (χ2v) is 7.89. The summed E-state index contributed by atoms with van der Waals surface area (Å²) in [7, 11) is 1.45. The first-order chi connectivity index (χ1) is 15.3. The van der Waals surface area contributed by atoms with E-state index in [2.05, 4.69) is 0 Å². The molecular weight excluding hydrogens is 456 g/mol. The fourth-order valence-corrected chi connectivity index (χ4v) is 4.04. The lowest BCUT2D eigenvalue weighted by Gasteiger charge is -2.25. The van der Waals surface area contributed by atoms with Crippen LogP contribution in [0.15, 0.2) is 72.3 Å². The molecule has 1 N–H and O–H groups in total. The summed E-state index contributed by atoms with van der Waals surface area (Å²) < 4.78 is 19.1. The molecular formula is C24H16Cl2FNO4. The van der Waals surface area contributed by atoms with E-state index in [9.17, 15) is 19.1 Å². The number of hydrogen-bond donors (Lipinski definition) is 1. The molecule has 1 fully saturated rings. The summed E-state index contributed by atoms with van der Waals surface area (Å²) in [6.07, 6.45) is 0. The highest BCUT2D eigenvalue weighted by Crippen LogP contribution is 2.43. The SMILES string of the molecule is COc1ccc(/C(O)=C2\C(=O)C(=O)N(c3cccc(F)c3)C2c2ccc(Cl)cc2)cc1Cl. The lowest BCUT2D eigenvalue weighted by molar-refractivity contribution is -0.132. The van der Waals surface area contributed by atoms with Gasteiger partial charge >= 0.3 is 0 Å². The molecule has 1 unspecified atom stereocenters. The topological polar surface area (TPSA) is 66.8 Å². The molecule has 5 nitrogen and oxygen atoms in total. The van der Waals surface area contributed by atoms with Crippen molar-refractivity contribution < 1.29 is 23.8 Å². The van der Waals surface area contributed by atoms with Crippen LogP contribution in [-0.2, 0) is 9.59 Å². The third-order valence-corrected chi connectivity index (χ3v) is 5.69. The first-order valence-electron chi connectivity index (χ1n) is 9.47. The first-order valence-corrected chi connectivity index (χ1v) is 10.2. The van der Waals surface area contributed by atoms with Crippen molar-refractivity contribution >= 4 is 46.3 Å². The van der Waals surface area contributed by atoms with Crippen molar-refractivity contribution in [2.75, 3.05) is 12.0 Å². The van der Waals surface area contributed by atoms with Crippen LogP contribution in [0.3, 0.4) is 0 Å². The summed E-state index contributed by atoms with van der Waals surface area (Å²) in [6, 6.07) is 15.3. The molecule has 32 heavy (non-hydrogen) atoms. The van der Waals surface area contributed by atoms with Crippen molar-refractivity contribution in [2.45, 2.75) is 6.04 Å². The smallest absolute Gasteiger partial charge is 0.300 e. The zero-order chi connectivity index (χ0) is 23.0. The number of rotatable bonds is 4. The molecule has 1 heterocycles. The Kier molecular flexibility index (Phi) is 5.91. The van der Waals surface area contributed by atoms with Gasteiger partial charge in [0, 0.05) is 16.3 Å². The Morgan fingerprint density at radius 3 is 2.38 bits per heavy atom. The van der Waals surface area contributed by atoms with Gasteiger partial charge in [0.15, 0.2) is 0 Å². The Hall–Kier alpha value is -3.35. The van der Waals surface area contributed by atoms with Crippen LogP contribution in [-0.4, -0.2) is 23.9 Å². The molecule has 0 aliphatic carbocycles. The second-order valence-electron chi connectivity index (χ2n) is 7.05. The van der Waals surface area contributed by atoms with Gasteiger partial charge < -0.3 is 9.84 Å². The summed E-state index contributed by atoms with van der Waals surface area (Å²) >= 11 is 12.2. The number of anilines is 1. The number of aliphatic hydroxyl groups is 1. The number of halogens is 3. The van der Waals surface area contributed by atoms with E-state index in [4.69, 9.17) is 27.9 Å². The minimum Gasteiger partial charge on any atom is -0.507 e. The van der Waals surface area contributed by atoms with Gasteiger partial charge in [-0.25, -0.2) is 4.39 Å². The van der Waals surface area contributed by atoms with Crippen LogP contribution < -0.4 is 9.64 Å². The van der Waals surface area contributed by atoms with E-state index >= 15 is 0 Å². The zero-order valence-electron chi connectivity index (χ0n) is 16.7. The predicted octanol–water partition coefficient (Wildman–Crippen LogP) is 5.77. The van der Waals surface area contributed by atoms with E-state index in [0.29, 0.717) is 16.3 Å². The molecule has 3 aromatic carbocycles. The van der Waals surface area contributed by atoms with Gasteiger partial charge in [-0.1, -0.05) is 41.4 Å². The third kappa shape index (κ3) is 3.83. The van der Waals surface area contributed by atoms with Crippen molar-refractivity contribution in [1.29, 1.82) is 0 Å². The molecule has 8 heteroatoms. The lowest BCUT2D eigenvalue weighted by Crippen LogP contribution is -2.29. The zero-order valence-corrected chi connectivity index (χ0v) is 18.2. The summed E-state index contributed by atoms with van der Waals surface area (Å²) in [5.74, 6) is -2.39. The number of ether oxygens (including phenoxy) is 1. The van der Waals surface area contributed by atoms with Gasteiger partial charge in [-0.2, -0.15) is 0 Å². The maximum absolute atomic E-state index is 13.9. The molecule has 162 valence electrons. The molecule has 1 aliphatic rings. The molecule has 4 rings (SSSR count). The van der Waals surface area contributed by atoms with Gasteiger partial charge in [0.05, 0.1) is 23.7 Å². The molecule has 0 aromatic heterocycles. The minimum atomic E-state index is -1.00. The highest BCUT2D eigenvalue weighted by Gasteiger charge is 2.47. The number of carbonyl (C=O) groups is 2. The average molecular weight is 472 g/mol. The third-order valence-electron chi connectivity index (χ3n) is 5.14. The van der Waals surface area contributed by atoms with Gasteiger partial charge in [0.2, 0.25) is 0 Å². The largest absolute Gasteiger partial charge is 0.507 e. The Morgan fingerprint density at radius 2 is 1.75 bits per heavy atom. The number of benzene rings is 3. The predicted molar refractivity (Wildman–Crippen MR) is 121 cm³/mol. The van der Waals surface area contributed by atoms with Gasteiger partial charge in [0.25, 0.3) is 11.7 Å². The van der Waals surface area contributed by atoms with Crippen molar-refractivity contribution in [3.05, 3.63) is 99.3 Å². The molecule has 1 aliphatic heterocycles. The fraction of sp³-hybridized carbons (Fsp3) is 0.0833. The first kappa shape index (κ1) is 21.9. The monoisotopic (exact) mass is 471 g/mol. The van der Waals surface area contributed by atoms with E-state index < -0.39 is 29.3 Å². The van der Waals surface area contributed by atoms with E-state index in [1.807, 2.05) is 0 Å². The minimum absolute atomic E-state index is 0.150. The summed E-state index contributed by atoms with van der Waals surface area (Å²) in [5.41, 5.74) is 0.771. The van der Waals surface area contributed by atoms with Gasteiger partial charge in [0.1, 0.15) is 17.3 Å². The Bertz CT molecular complexity index is 1260. The highest BCUT2D eigenvalue weighted by molar-refractivity contribution is 6.51. The quantitative estimate of drug-likeness (QED) is 0.298. The molecule has 3 aromatic rings. The summed E-state index contributed by atoms with van der Waals surface area (Å²) in [5, 5.41) is 11.8. The number of hydrogen-bond acceptors (Lipinski definition) is 4. The molecule has 0 spiro atoms. The second kappa shape index (κ2) is 8.65. The Morgan fingerprint density at radius 1 is 1.03 bits per heavy atom. The molecule has 1 amide bonds. The van der Waals surface area contributed by atoms with Crippen molar-refractivity contribution in [2.24, 2.45) is 0 Å². The summed E-state index contributed by atoms with van der Waals surface area (Å²) in [4.78, 5) is 27.2. The number of ketones is 1. The van der Waals surface area contributed by atoms with Crippen LogP contribution in [0.25, 0.3) is 5.76 Å².